The lowest BCUT2D eigenvalue weighted by Crippen LogP contribution is -2.48. The van der Waals surface area contributed by atoms with Gasteiger partial charge in [-0.3, -0.25) is 9.10 Å². The van der Waals surface area contributed by atoms with E-state index in [1.54, 1.807) is 6.07 Å². The molecular weight excluding hydrogens is 350 g/mol. The fraction of sp³-hybridized carbons (Fsp3) is 0.235. The summed E-state index contributed by atoms with van der Waals surface area (Å²) < 4.78 is 52.1. The van der Waals surface area contributed by atoms with E-state index in [2.05, 4.69) is 5.32 Å². The zero-order valence-electron chi connectivity index (χ0n) is 13.7. The normalized spacial score (nSPS) is 12.5. The number of anilines is 1. The van der Waals surface area contributed by atoms with Gasteiger partial charge in [0.05, 0.1) is 11.9 Å². The Labute approximate surface area is 145 Å². The van der Waals surface area contributed by atoms with E-state index in [0.29, 0.717) is 5.56 Å². The van der Waals surface area contributed by atoms with Crippen LogP contribution in [0.15, 0.2) is 48.5 Å². The molecule has 8 heteroatoms. The maximum absolute atomic E-state index is 14.0. The van der Waals surface area contributed by atoms with Crippen LogP contribution in [-0.4, -0.2) is 26.6 Å². The molecule has 0 heterocycles. The second-order valence-corrected chi connectivity index (χ2v) is 7.39. The van der Waals surface area contributed by atoms with Crippen molar-refractivity contribution in [1.82, 2.24) is 5.32 Å². The van der Waals surface area contributed by atoms with Crippen molar-refractivity contribution in [3.05, 3.63) is 65.7 Å². The molecule has 0 bridgehead atoms. The number of nitrogens with zero attached hydrogens (tertiary/aromatic N) is 1. The van der Waals surface area contributed by atoms with Crippen LogP contribution in [0.1, 0.15) is 12.5 Å². The first kappa shape index (κ1) is 18.9. The minimum atomic E-state index is -3.90. The van der Waals surface area contributed by atoms with Crippen molar-refractivity contribution < 1.29 is 22.0 Å². The highest BCUT2D eigenvalue weighted by Gasteiger charge is 2.30. The number of para-hydroxylation sites is 1. The molecule has 25 heavy (non-hydrogen) atoms. The van der Waals surface area contributed by atoms with Crippen LogP contribution in [0.2, 0.25) is 0 Å². The number of carbonyl (C=O) groups excluding carboxylic acids is 1. The highest BCUT2D eigenvalue weighted by molar-refractivity contribution is 7.92. The molecule has 1 N–H and O–H groups in total. The molecule has 0 aliphatic heterocycles. The van der Waals surface area contributed by atoms with Crippen LogP contribution in [0, 0.1) is 11.6 Å². The van der Waals surface area contributed by atoms with E-state index < -0.39 is 33.6 Å². The summed E-state index contributed by atoms with van der Waals surface area (Å²) in [6.45, 7) is 1.38. The van der Waals surface area contributed by atoms with Crippen molar-refractivity contribution in [2.45, 2.75) is 19.5 Å². The number of nitrogens with one attached hydrogen (secondary N) is 1. The molecule has 0 saturated heterocycles. The van der Waals surface area contributed by atoms with Crippen molar-refractivity contribution in [3.8, 4) is 0 Å². The van der Waals surface area contributed by atoms with E-state index >= 15 is 0 Å². The molecule has 0 aliphatic rings. The van der Waals surface area contributed by atoms with E-state index in [4.69, 9.17) is 0 Å². The van der Waals surface area contributed by atoms with Gasteiger partial charge in [-0.2, -0.15) is 0 Å². The van der Waals surface area contributed by atoms with Crippen molar-refractivity contribution >= 4 is 21.6 Å². The second-order valence-electron chi connectivity index (χ2n) is 5.53. The van der Waals surface area contributed by atoms with Crippen LogP contribution in [0.5, 0.6) is 0 Å². The number of benzene rings is 2. The number of halogens is 2. The summed E-state index contributed by atoms with van der Waals surface area (Å²) in [6.07, 6.45) is 0.899. The molecule has 2 aromatic carbocycles. The highest BCUT2D eigenvalue weighted by atomic mass is 32.2. The minimum Gasteiger partial charge on any atom is -0.350 e. The van der Waals surface area contributed by atoms with Gasteiger partial charge in [0.15, 0.2) is 0 Å². The number of hydrogen-bond acceptors (Lipinski definition) is 3. The minimum absolute atomic E-state index is 0.0236. The quantitative estimate of drug-likeness (QED) is 0.852. The summed E-state index contributed by atoms with van der Waals surface area (Å²) in [5.74, 6) is -1.82. The van der Waals surface area contributed by atoms with Gasteiger partial charge in [-0.25, -0.2) is 17.2 Å². The third-order valence-electron chi connectivity index (χ3n) is 3.53. The van der Waals surface area contributed by atoms with Gasteiger partial charge in [-0.15, -0.1) is 0 Å². The zero-order chi connectivity index (χ0) is 18.6. The van der Waals surface area contributed by atoms with Crippen LogP contribution in [0.25, 0.3) is 0 Å². The van der Waals surface area contributed by atoms with Gasteiger partial charge in [0.25, 0.3) is 0 Å². The Kier molecular flexibility index (Phi) is 5.73. The summed E-state index contributed by atoms with van der Waals surface area (Å²) in [5, 5.41) is 2.53. The molecule has 1 atom stereocenters. The second kappa shape index (κ2) is 7.60. The molecular formula is C17H18F2N2O3S. The van der Waals surface area contributed by atoms with E-state index in [9.17, 15) is 22.0 Å². The van der Waals surface area contributed by atoms with Crippen LogP contribution in [0.3, 0.4) is 0 Å². The largest absolute Gasteiger partial charge is 0.350 e. The first-order valence-corrected chi connectivity index (χ1v) is 9.31. The molecule has 2 rings (SSSR count). The lowest BCUT2D eigenvalue weighted by molar-refractivity contribution is -0.122. The maximum Gasteiger partial charge on any atom is 0.243 e. The van der Waals surface area contributed by atoms with Gasteiger partial charge in [0.2, 0.25) is 15.9 Å². The van der Waals surface area contributed by atoms with Crippen molar-refractivity contribution in [1.29, 1.82) is 0 Å². The SMILES string of the molecule is CC(C(=O)NCc1cccc(F)c1)N(c1ccccc1F)S(C)(=O)=O. The van der Waals surface area contributed by atoms with Gasteiger partial charge < -0.3 is 5.32 Å². The van der Waals surface area contributed by atoms with Gasteiger partial charge in [0, 0.05) is 6.54 Å². The van der Waals surface area contributed by atoms with E-state index in [0.717, 1.165) is 16.6 Å². The molecule has 1 unspecified atom stereocenters. The summed E-state index contributed by atoms with van der Waals surface area (Å²) in [7, 11) is -3.90. The number of sulfonamides is 1. The first-order valence-electron chi connectivity index (χ1n) is 7.46. The van der Waals surface area contributed by atoms with Crippen LogP contribution < -0.4 is 9.62 Å². The molecule has 0 radical (unpaired) electrons. The van der Waals surface area contributed by atoms with E-state index in [1.807, 2.05) is 0 Å². The number of hydrogen-bond donors (Lipinski definition) is 1. The number of carbonyl (C=O) groups is 1. The Morgan fingerprint density at radius 2 is 1.84 bits per heavy atom. The fourth-order valence-electron chi connectivity index (χ4n) is 2.40. The lowest BCUT2D eigenvalue weighted by Gasteiger charge is -2.28. The predicted molar refractivity (Wildman–Crippen MR) is 91.4 cm³/mol. The Hall–Kier alpha value is -2.48. The van der Waals surface area contributed by atoms with Gasteiger partial charge in [-0.05, 0) is 36.8 Å². The summed E-state index contributed by atoms with van der Waals surface area (Å²) >= 11 is 0. The Morgan fingerprint density at radius 3 is 2.44 bits per heavy atom. The molecule has 0 aromatic heterocycles. The van der Waals surface area contributed by atoms with Gasteiger partial charge in [-0.1, -0.05) is 24.3 Å². The maximum atomic E-state index is 14.0. The topological polar surface area (TPSA) is 66.5 Å². The van der Waals surface area contributed by atoms with Crippen molar-refractivity contribution in [2.24, 2.45) is 0 Å². The third-order valence-corrected chi connectivity index (χ3v) is 4.76. The predicted octanol–water partition coefficient (Wildman–Crippen LogP) is 2.44. The lowest BCUT2D eigenvalue weighted by atomic mass is 10.2. The third kappa shape index (κ3) is 4.76. The Morgan fingerprint density at radius 1 is 1.16 bits per heavy atom. The first-order chi connectivity index (χ1) is 11.7. The van der Waals surface area contributed by atoms with E-state index in [1.165, 1.54) is 43.3 Å². The van der Waals surface area contributed by atoms with E-state index in [-0.39, 0.29) is 12.2 Å². The van der Waals surface area contributed by atoms with Crippen molar-refractivity contribution in [2.75, 3.05) is 10.6 Å². The molecule has 1 amide bonds. The highest BCUT2D eigenvalue weighted by Crippen LogP contribution is 2.24. The van der Waals surface area contributed by atoms with Gasteiger partial charge in [0.1, 0.15) is 17.7 Å². The summed E-state index contributed by atoms with van der Waals surface area (Å²) in [6, 6.07) is 9.79. The number of amides is 1. The van der Waals surface area contributed by atoms with Crippen LogP contribution >= 0.6 is 0 Å². The summed E-state index contributed by atoms with van der Waals surface area (Å²) in [4.78, 5) is 12.3. The molecule has 0 saturated carbocycles. The van der Waals surface area contributed by atoms with Crippen molar-refractivity contribution in [3.63, 3.8) is 0 Å². The number of rotatable bonds is 6. The molecule has 2 aromatic rings. The zero-order valence-corrected chi connectivity index (χ0v) is 14.6. The molecule has 134 valence electrons. The standard InChI is InChI=1S/C17H18F2N2O3S/c1-12(17(22)20-11-13-6-5-7-14(18)10-13)21(25(2,23)24)16-9-4-3-8-15(16)19/h3-10,12H,11H2,1-2H3,(H,20,22). The molecule has 0 spiro atoms. The Balaban J connectivity index is 2.20. The van der Waals surface area contributed by atoms with Crippen LogP contribution in [0.4, 0.5) is 14.5 Å². The Bertz CT molecular complexity index is 872. The fourth-order valence-corrected chi connectivity index (χ4v) is 3.57. The average Bonchev–Trinajstić information content (AvgIpc) is 2.53. The van der Waals surface area contributed by atoms with Crippen LogP contribution in [-0.2, 0) is 21.4 Å². The summed E-state index contributed by atoms with van der Waals surface area (Å²) in [5.41, 5.74) is 0.316. The average molecular weight is 368 g/mol. The van der Waals surface area contributed by atoms with Gasteiger partial charge >= 0.3 is 0 Å². The molecule has 0 fully saturated rings. The molecule has 5 nitrogen and oxygen atoms in total. The monoisotopic (exact) mass is 368 g/mol. The molecule has 0 aliphatic carbocycles. The smallest absolute Gasteiger partial charge is 0.243 e.